The third-order valence-electron chi connectivity index (χ3n) is 5.68. The Morgan fingerprint density at radius 3 is 2.81 bits per heavy atom. The number of nitrogens with zero attached hydrogens (tertiary/aromatic N) is 6. The molecule has 5 rings (SSSR count). The van der Waals surface area contributed by atoms with Crippen molar-refractivity contribution in [2.75, 3.05) is 23.4 Å². The molecule has 2 aliphatic rings. The molecule has 1 amide bonds. The number of aromatic nitrogens is 5. The Morgan fingerprint density at radius 1 is 1.35 bits per heavy atom. The topological polar surface area (TPSA) is 89.6 Å². The van der Waals surface area contributed by atoms with Crippen LogP contribution in [-0.2, 0) is 10.3 Å². The van der Waals surface area contributed by atoms with Gasteiger partial charge in [-0.2, -0.15) is 10.2 Å². The number of halogens is 2. The summed E-state index contributed by atoms with van der Waals surface area (Å²) in [6, 6.07) is 2.13. The van der Waals surface area contributed by atoms with Crippen molar-refractivity contribution < 1.29 is 18.3 Å². The molecule has 2 bridgehead atoms. The SMILES string of the molecule is CC(C)(C)n1cc(NC(=O)c2cnn3ccc(N4C[C@H]5C[C@@H]4CO5)nc23)c(C(F)F)n1. The fourth-order valence-corrected chi connectivity index (χ4v) is 4.04. The van der Waals surface area contributed by atoms with Crippen LogP contribution in [0.3, 0.4) is 0 Å². The van der Waals surface area contributed by atoms with Crippen molar-refractivity contribution in [1.29, 1.82) is 0 Å². The minimum atomic E-state index is -2.82. The maximum absolute atomic E-state index is 13.5. The summed E-state index contributed by atoms with van der Waals surface area (Å²) in [4.78, 5) is 19.8. The van der Waals surface area contributed by atoms with E-state index in [4.69, 9.17) is 4.74 Å². The Kier molecular flexibility index (Phi) is 4.47. The van der Waals surface area contributed by atoms with Gasteiger partial charge in [-0.15, -0.1) is 0 Å². The average molecular weight is 431 g/mol. The van der Waals surface area contributed by atoms with Crippen LogP contribution in [0.1, 0.15) is 49.7 Å². The van der Waals surface area contributed by atoms with E-state index in [0.29, 0.717) is 12.3 Å². The van der Waals surface area contributed by atoms with E-state index in [1.165, 1.54) is 21.6 Å². The van der Waals surface area contributed by atoms with Gasteiger partial charge < -0.3 is 15.0 Å². The average Bonchev–Trinajstić information content (AvgIpc) is 3.48. The summed E-state index contributed by atoms with van der Waals surface area (Å²) in [6.45, 7) is 6.94. The summed E-state index contributed by atoms with van der Waals surface area (Å²) in [7, 11) is 0. The fourth-order valence-electron chi connectivity index (χ4n) is 4.04. The van der Waals surface area contributed by atoms with Gasteiger partial charge in [0.2, 0.25) is 0 Å². The van der Waals surface area contributed by atoms with Crippen LogP contribution in [0.15, 0.2) is 24.7 Å². The first-order chi connectivity index (χ1) is 14.7. The molecule has 3 aromatic heterocycles. The van der Waals surface area contributed by atoms with Crippen molar-refractivity contribution in [3.63, 3.8) is 0 Å². The standard InChI is InChI=1S/C20H23F2N7O2/c1-20(2,3)29-9-14(16(26-29)17(21)22)24-19(30)13-7-23-28-5-4-15(25-18(13)28)27-8-12-6-11(27)10-31-12/h4-5,7,9,11-12,17H,6,8,10H2,1-3H3,(H,24,30)/t11-,12-/m1/s1. The maximum atomic E-state index is 13.5. The zero-order chi connectivity index (χ0) is 21.9. The highest BCUT2D eigenvalue weighted by Gasteiger charge is 2.39. The van der Waals surface area contributed by atoms with E-state index in [1.807, 2.05) is 26.8 Å². The van der Waals surface area contributed by atoms with Crippen LogP contribution in [0.25, 0.3) is 5.65 Å². The van der Waals surface area contributed by atoms with Gasteiger partial charge in [-0.3, -0.25) is 9.48 Å². The van der Waals surface area contributed by atoms with Crippen molar-refractivity contribution >= 4 is 23.1 Å². The Bertz CT molecular complexity index is 1150. The largest absolute Gasteiger partial charge is 0.374 e. The number of carbonyl (C=O) groups is 1. The van der Waals surface area contributed by atoms with Crippen molar-refractivity contribution in [2.24, 2.45) is 0 Å². The lowest BCUT2D eigenvalue weighted by atomic mass is 10.1. The molecule has 0 saturated carbocycles. The molecular formula is C20H23F2N7O2. The highest BCUT2D eigenvalue weighted by molar-refractivity contribution is 6.08. The summed E-state index contributed by atoms with van der Waals surface area (Å²) in [5.74, 6) is 0.174. The summed E-state index contributed by atoms with van der Waals surface area (Å²) in [5.41, 5.74) is -0.445. The van der Waals surface area contributed by atoms with Crippen LogP contribution in [0.2, 0.25) is 0 Å². The van der Waals surface area contributed by atoms with Crippen LogP contribution in [0, 0.1) is 0 Å². The molecule has 31 heavy (non-hydrogen) atoms. The third kappa shape index (κ3) is 3.42. The van der Waals surface area contributed by atoms with Crippen LogP contribution in [0.5, 0.6) is 0 Å². The van der Waals surface area contributed by atoms with Crippen LogP contribution < -0.4 is 10.2 Å². The molecule has 1 N–H and O–H groups in total. The fraction of sp³-hybridized carbons (Fsp3) is 0.500. The van der Waals surface area contributed by atoms with Crippen LogP contribution in [0.4, 0.5) is 20.3 Å². The lowest BCUT2D eigenvalue weighted by Crippen LogP contribution is -2.37. The second kappa shape index (κ2) is 6.98. The first-order valence-corrected chi connectivity index (χ1v) is 10.1. The molecule has 2 saturated heterocycles. The van der Waals surface area contributed by atoms with Crippen molar-refractivity contribution in [1.82, 2.24) is 24.4 Å². The molecular weight excluding hydrogens is 408 g/mol. The van der Waals surface area contributed by atoms with Gasteiger partial charge in [0.25, 0.3) is 12.3 Å². The highest BCUT2D eigenvalue weighted by Crippen LogP contribution is 2.32. The lowest BCUT2D eigenvalue weighted by Gasteiger charge is -2.27. The molecule has 9 nitrogen and oxygen atoms in total. The Morgan fingerprint density at radius 2 is 2.16 bits per heavy atom. The van der Waals surface area contributed by atoms with Crippen molar-refractivity contribution in [3.8, 4) is 0 Å². The number of anilines is 2. The Labute approximate surface area is 177 Å². The predicted molar refractivity (Wildman–Crippen MR) is 109 cm³/mol. The van der Waals surface area contributed by atoms with Crippen LogP contribution in [-0.4, -0.2) is 55.6 Å². The van der Waals surface area contributed by atoms with Crippen molar-refractivity contribution in [2.45, 2.75) is 51.3 Å². The van der Waals surface area contributed by atoms with Gasteiger partial charge in [0, 0.05) is 18.9 Å². The Hall–Kier alpha value is -3.08. The molecule has 0 aromatic carbocycles. The summed E-state index contributed by atoms with van der Waals surface area (Å²) < 4.78 is 35.6. The number of alkyl halides is 2. The van der Waals surface area contributed by atoms with Gasteiger partial charge in [-0.05, 0) is 33.3 Å². The second-order valence-electron chi connectivity index (χ2n) is 8.91. The number of rotatable bonds is 4. The van der Waals surface area contributed by atoms with Crippen molar-refractivity contribution in [3.05, 3.63) is 35.9 Å². The van der Waals surface area contributed by atoms with Gasteiger partial charge in [0.1, 0.15) is 11.4 Å². The number of fused-ring (bicyclic) bond motifs is 3. The molecule has 0 radical (unpaired) electrons. The molecule has 0 aliphatic carbocycles. The normalized spacial score (nSPS) is 20.9. The number of hydrogen-bond acceptors (Lipinski definition) is 6. The summed E-state index contributed by atoms with van der Waals surface area (Å²) >= 11 is 0. The Balaban J connectivity index is 1.45. The number of morpholine rings is 1. The van der Waals surface area contributed by atoms with E-state index in [-0.39, 0.29) is 23.4 Å². The van der Waals surface area contributed by atoms with Gasteiger partial charge in [0.05, 0.1) is 36.2 Å². The van der Waals surface area contributed by atoms with Gasteiger partial charge in [0.15, 0.2) is 11.3 Å². The molecule has 11 heteroatoms. The van der Waals surface area contributed by atoms with Crippen LogP contribution >= 0.6 is 0 Å². The zero-order valence-electron chi connectivity index (χ0n) is 17.4. The molecule has 3 aromatic rings. The molecule has 0 spiro atoms. The quantitative estimate of drug-likeness (QED) is 0.683. The monoisotopic (exact) mass is 431 g/mol. The number of nitrogens with one attached hydrogen (secondary N) is 1. The van der Waals surface area contributed by atoms with E-state index >= 15 is 0 Å². The second-order valence-corrected chi connectivity index (χ2v) is 8.91. The number of hydrogen-bond donors (Lipinski definition) is 1. The van der Waals surface area contributed by atoms with Gasteiger partial charge in [-0.1, -0.05) is 0 Å². The molecule has 0 unspecified atom stereocenters. The zero-order valence-corrected chi connectivity index (χ0v) is 17.4. The molecule has 164 valence electrons. The molecule has 2 aliphatic heterocycles. The molecule has 5 heterocycles. The number of carbonyl (C=O) groups excluding carboxylic acids is 1. The first kappa shape index (κ1) is 19.9. The molecule has 2 atom stereocenters. The smallest absolute Gasteiger partial charge is 0.284 e. The third-order valence-corrected chi connectivity index (χ3v) is 5.68. The maximum Gasteiger partial charge on any atom is 0.284 e. The minimum absolute atomic E-state index is 0.0283. The summed E-state index contributed by atoms with van der Waals surface area (Å²) in [6.07, 6.45) is 2.90. The van der Waals surface area contributed by atoms with E-state index in [1.54, 1.807) is 6.20 Å². The van der Waals surface area contributed by atoms with Gasteiger partial charge in [-0.25, -0.2) is 18.3 Å². The van der Waals surface area contributed by atoms with E-state index in [2.05, 4.69) is 25.4 Å². The first-order valence-electron chi connectivity index (χ1n) is 10.1. The van der Waals surface area contributed by atoms with E-state index < -0.39 is 23.6 Å². The predicted octanol–water partition coefficient (Wildman–Crippen LogP) is 2.85. The highest BCUT2D eigenvalue weighted by atomic mass is 19.3. The van der Waals surface area contributed by atoms with E-state index in [0.717, 1.165) is 18.8 Å². The van der Waals surface area contributed by atoms with E-state index in [9.17, 15) is 13.6 Å². The van der Waals surface area contributed by atoms with Gasteiger partial charge >= 0.3 is 0 Å². The minimum Gasteiger partial charge on any atom is -0.374 e. The summed E-state index contributed by atoms with van der Waals surface area (Å²) in [5, 5.41) is 10.7. The molecule has 2 fully saturated rings. The number of ether oxygens (including phenoxy) is 1. The number of amides is 1. The lowest BCUT2D eigenvalue weighted by molar-refractivity contribution is 0.0988.